The van der Waals surface area contributed by atoms with Gasteiger partial charge in [-0.05, 0) is 24.8 Å². The van der Waals surface area contributed by atoms with Crippen LogP contribution in [0.5, 0.6) is 0 Å². The molecule has 0 bridgehead atoms. The summed E-state index contributed by atoms with van der Waals surface area (Å²) in [5, 5.41) is 8.50. The van der Waals surface area contributed by atoms with E-state index in [1.165, 1.54) is 0 Å². The van der Waals surface area contributed by atoms with E-state index in [4.69, 9.17) is 9.84 Å². The first-order valence-electron chi connectivity index (χ1n) is 4.21. The second-order valence-corrected chi connectivity index (χ2v) is 3.08. The van der Waals surface area contributed by atoms with E-state index in [0.29, 0.717) is 5.57 Å². The van der Waals surface area contributed by atoms with Gasteiger partial charge in [0.05, 0.1) is 12.5 Å². The van der Waals surface area contributed by atoms with Crippen LogP contribution in [0.15, 0.2) is 12.2 Å². The van der Waals surface area contributed by atoms with Crippen molar-refractivity contribution < 1.29 is 14.6 Å². The van der Waals surface area contributed by atoms with Gasteiger partial charge in [-0.25, -0.2) is 0 Å². The van der Waals surface area contributed by atoms with Crippen LogP contribution >= 0.6 is 0 Å². The topological polar surface area (TPSA) is 46.5 Å². The minimum absolute atomic E-state index is 0.0187. The monoisotopic (exact) mass is 170 g/mol. The maximum absolute atomic E-state index is 10.3. The van der Waals surface area contributed by atoms with E-state index < -0.39 is 5.97 Å². The Labute approximate surface area is 72.0 Å². The Kier molecular flexibility index (Phi) is 3.29. The molecule has 0 amide bonds. The standard InChI is InChI=1S/C9H14O3/c1-7(6-9(10)11)8-4-2-3-5-12-8/h8H,1-6H2,(H,10,11). The van der Waals surface area contributed by atoms with Crippen molar-refractivity contribution in [3.63, 3.8) is 0 Å². The van der Waals surface area contributed by atoms with E-state index >= 15 is 0 Å². The average Bonchev–Trinajstić information content (AvgIpc) is 2.05. The minimum Gasteiger partial charge on any atom is -0.481 e. The lowest BCUT2D eigenvalue weighted by molar-refractivity contribution is -0.136. The molecule has 0 aromatic carbocycles. The highest BCUT2D eigenvalue weighted by Crippen LogP contribution is 2.20. The highest BCUT2D eigenvalue weighted by atomic mass is 16.5. The van der Waals surface area contributed by atoms with Crippen molar-refractivity contribution >= 4 is 5.97 Å². The SMILES string of the molecule is C=C(CC(=O)O)C1CCCCO1. The predicted octanol–water partition coefficient (Wildman–Crippen LogP) is 1.59. The molecule has 1 rings (SSSR count). The molecule has 1 aliphatic rings. The number of aliphatic carboxylic acids is 1. The molecular weight excluding hydrogens is 156 g/mol. The Morgan fingerprint density at radius 2 is 2.33 bits per heavy atom. The molecule has 1 saturated heterocycles. The summed E-state index contributed by atoms with van der Waals surface area (Å²) in [7, 11) is 0. The van der Waals surface area contributed by atoms with Crippen LogP contribution in [0.25, 0.3) is 0 Å². The second-order valence-electron chi connectivity index (χ2n) is 3.08. The van der Waals surface area contributed by atoms with Crippen LogP contribution in [-0.4, -0.2) is 23.8 Å². The summed E-state index contributed by atoms with van der Waals surface area (Å²) < 4.78 is 5.38. The van der Waals surface area contributed by atoms with Gasteiger partial charge in [0.25, 0.3) is 0 Å². The Balaban J connectivity index is 2.34. The van der Waals surface area contributed by atoms with Gasteiger partial charge in [-0.2, -0.15) is 0 Å². The van der Waals surface area contributed by atoms with Gasteiger partial charge in [-0.15, -0.1) is 0 Å². The highest BCUT2D eigenvalue weighted by Gasteiger charge is 2.18. The summed E-state index contributed by atoms with van der Waals surface area (Å²) >= 11 is 0. The van der Waals surface area contributed by atoms with Crippen molar-refractivity contribution in [3.8, 4) is 0 Å². The smallest absolute Gasteiger partial charge is 0.307 e. The molecular formula is C9H14O3. The fourth-order valence-electron chi connectivity index (χ4n) is 1.37. The fraction of sp³-hybridized carbons (Fsp3) is 0.667. The number of ether oxygens (including phenoxy) is 1. The molecule has 12 heavy (non-hydrogen) atoms. The van der Waals surface area contributed by atoms with Gasteiger partial charge in [0.1, 0.15) is 0 Å². The Morgan fingerprint density at radius 3 is 2.83 bits per heavy atom. The zero-order chi connectivity index (χ0) is 8.97. The van der Waals surface area contributed by atoms with E-state index in [9.17, 15) is 4.79 Å². The van der Waals surface area contributed by atoms with E-state index in [2.05, 4.69) is 6.58 Å². The predicted molar refractivity (Wildman–Crippen MR) is 45.0 cm³/mol. The first-order valence-corrected chi connectivity index (χ1v) is 4.21. The zero-order valence-electron chi connectivity index (χ0n) is 7.08. The van der Waals surface area contributed by atoms with E-state index in [1.807, 2.05) is 0 Å². The number of carboxylic acid groups (broad SMARTS) is 1. The first kappa shape index (κ1) is 9.26. The fourth-order valence-corrected chi connectivity index (χ4v) is 1.37. The molecule has 0 spiro atoms. The maximum atomic E-state index is 10.3. The van der Waals surface area contributed by atoms with Crippen LogP contribution in [0.3, 0.4) is 0 Å². The summed E-state index contributed by atoms with van der Waals surface area (Å²) in [6, 6.07) is 0. The number of rotatable bonds is 3. The van der Waals surface area contributed by atoms with Crippen molar-refractivity contribution in [1.29, 1.82) is 0 Å². The van der Waals surface area contributed by atoms with Crippen molar-refractivity contribution in [3.05, 3.63) is 12.2 Å². The molecule has 3 heteroatoms. The maximum Gasteiger partial charge on any atom is 0.307 e. The second kappa shape index (κ2) is 4.26. The summed E-state index contributed by atoms with van der Waals surface area (Å²) in [6.45, 7) is 4.45. The van der Waals surface area contributed by atoms with E-state index in [-0.39, 0.29) is 12.5 Å². The molecule has 0 aliphatic carbocycles. The molecule has 1 atom stereocenters. The summed E-state index contributed by atoms with van der Waals surface area (Å²) in [5.41, 5.74) is 0.696. The van der Waals surface area contributed by atoms with Gasteiger partial charge < -0.3 is 9.84 Å². The molecule has 1 heterocycles. The lowest BCUT2D eigenvalue weighted by Gasteiger charge is -2.23. The van der Waals surface area contributed by atoms with Crippen LogP contribution in [0.1, 0.15) is 25.7 Å². The van der Waals surface area contributed by atoms with Crippen LogP contribution < -0.4 is 0 Å². The number of carboxylic acids is 1. The molecule has 0 aromatic heterocycles. The largest absolute Gasteiger partial charge is 0.481 e. The Bertz CT molecular complexity index is 180. The van der Waals surface area contributed by atoms with Gasteiger partial charge >= 0.3 is 5.97 Å². The van der Waals surface area contributed by atoms with Gasteiger partial charge in [-0.1, -0.05) is 6.58 Å². The number of carbonyl (C=O) groups is 1. The first-order chi connectivity index (χ1) is 5.70. The summed E-state index contributed by atoms with van der Waals surface area (Å²) in [5.74, 6) is -0.825. The van der Waals surface area contributed by atoms with Gasteiger partial charge in [0, 0.05) is 6.61 Å². The van der Waals surface area contributed by atoms with Crippen LogP contribution in [0, 0.1) is 0 Å². The number of hydrogen-bond donors (Lipinski definition) is 1. The highest BCUT2D eigenvalue weighted by molar-refractivity contribution is 5.70. The molecule has 68 valence electrons. The van der Waals surface area contributed by atoms with Crippen LogP contribution in [-0.2, 0) is 9.53 Å². The lowest BCUT2D eigenvalue weighted by Crippen LogP contribution is -2.22. The molecule has 3 nitrogen and oxygen atoms in total. The molecule has 1 unspecified atom stereocenters. The third-order valence-electron chi connectivity index (χ3n) is 2.01. The number of hydrogen-bond acceptors (Lipinski definition) is 2. The quantitative estimate of drug-likeness (QED) is 0.654. The van der Waals surface area contributed by atoms with Gasteiger partial charge in [0.15, 0.2) is 0 Å². The summed E-state index contributed by atoms with van der Waals surface area (Å²) in [6.07, 6.45) is 3.13. The third kappa shape index (κ3) is 2.66. The zero-order valence-corrected chi connectivity index (χ0v) is 7.08. The van der Waals surface area contributed by atoms with Crippen molar-refractivity contribution in [2.24, 2.45) is 0 Å². The average molecular weight is 170 g/mol. The Morgan fingerprint density at radius 1 is 1.58 bits per heavy atom. The molecule has 0 aromatic rings. The molecule has 1 fully saturated rings. The van der Waals surface area contributed by atoms with Gasteiger partial charge in [-0.3, -0.25) is 4.79 Å². The lowest BCUT2D eigenvalue weighted by atomic mass is 10.0. The molecule has 1 N–H and O–H groups in total. The van der Waals surface area contributed by atoms with Crippen molar-refractivity contribution in [2.75, 3.05) is 6.61 Å². The molecule has 0 saturated carbocycles. The third-order valence-corrected chi connectivity index (χ3v) is 2.01. The van der Waals surface area contributed by atoms with E-state index in [0.717, 1.165) is 25.9 Å². The molecule has 0 radical (unpaired) electrons. The van der Waals surface area contributed by atoms with Crippen molar-refractivity contribution in [2.45, 2.75) is 31.8 Å². The normalized spacial score (nSPS) is 23.5. The minimum atomic E-state index is -0.825. The summed E-state index contributed by atoms with van der Waals surface area (Å²) in [4.78, 5) is 10.3. The van der Waals surface area contributed by atoms with Crippen LogP contribution in [0.2, 0.25) is 0 Å². The van der Waals surface area contributed by atoms with Crippen LogP contribution in [0.4, 0.5) is 0 Å². The molecule has 1 aliphatic heterocycles. The van der Waals surface area contributed by atoms with Gasteiger partial charge in [0.2, 0.25) is 0 Å². The van der Waals surface area contributed by atoms with Crippen molar-refractivity contribution in [1.82, 2.24) is 0 Å². The van der Waals surface area contributed by atoms with E-state index in [1.54, 1.807) is 0 Å². The Hall–Kier alpha value is -0.830.